The van der Waals surface area contributed by atoms with Crippen molar-refractivity contribution in [2.24, 2.45) is 0 Å². The summed E-state index contributed by atoms with van der Waals surface area (Å²) in [7, 11) is 0. The second-order valence-corrected chi connectivity index (χ2v) is 0.447. The molecule has 0 atom stereocenters. The number of rotatable bonds is 0. The molecule has 0 bridgehead atoms. The normalized spacial score (nSPS) is 4.80. The Morgan fingerprint density at radius 1 is 0.800 bits per heavy atom. The third-order valence-corrected chi connectivity index (χ3v) is 0. The Morgan fingerprint density at radius 3 is 0.800 bits per heavy atom. The van der Waals surface area contributed by atoms with Crippen LogP contribution in [-0.4, -0.2) is 15.6 Å². The van der Waals surface area contributed by atoms with Crippen LogP contribution in [0.4, 0.5) is 0 Å². The summed E-state index contributed by atoms with van der Waals surface area (Å²) in [6, 6.07) is 0. The minimum Gasteiger partial charge on any atom is -0.412 e. The fourth-order valence-corrected chi connectivity index (χ4v) is 0. The molecule has 0 aliphatic rings. The summed E-state index contributed by atoms with van der Waals surface area (Å²) >= 11 is 0. The molecule has 0 aromatic heterocycles. The van der Waals surface area contributed by atoms with Crippen molar-refractivity contribution in [3.63, 3.8) is 0 Å². The van der Waals surface area contributed by atoms with Crippen molar-refractivity contribution in [3.05, 3.63) is 30.6 Å². The first-order valence-electron chi connectivity index (χ1n) is 1.10. The maximum Gasteiger partial charge on any atom is 2.00 e. The summed E-state index contributed by atoms with van der Waals surface area (Å²) in [5.41, 5.74) is 0. The Morgan fingerprint density at radius 2 is 0.800 bits per heavy atom. The van der Waals surface area contributed by atoms with Gasteiger partial charge in [-0.1, -0.05) is 0 Å². The van der Waals surface area contributed by atoms with Crippen LogP contribution in [0.5, 0.6) is 0 Å². The summed E-state index contributed by atoms with van der Waals surface area (Å²) in [5, 5.41) is 29.5. The molecule has 0 aromatic rings. The molecule has 0 aliphatic carbocycles. The Balaban J connectivity index is -0.0000000300. The molecule has 0 rings (SSSR count). The van der Waals surface area contributed by atoms with E-state index < -0.39 is 10.2 Å². The molecule has 0 unspecified atom stereocenters. The van der Waals surface area contributed by atoms with Crippen LogP contribution in [0.2, 0.25) is 0 Å². The van der Waals surface area contributed by atoms with Crippen LogP contribution < -0.4 is 0 Å². The van der Waals surface area contributed by atoms with Gasteiger partial charge in [0.25, 0.3) is 0 Å². The van der Waals surface area contributed by atoms with Crippen LogP contribution in [0.3, 0.4) is 0 Å². The standard InChI is InChI=1S/Hg.2NO3.H2O/c;2*2-1(3)4;/h;;;1H2/q+2;2*-1;. The minimum atomic E-state index is -1.75. The molecule has 2 N–H and O–H groups in total. The molecule has 0 aliphatic heterocycles. The van der Waals surface area contributed by atoms with Gasteiger partial charge in [-0.05, 0) is 0 Å². The van der Waals surface area contributed by atoms with Crippen molar-refractivity contribution in [1.29, 1.82) is 0 Å². The molecule has 0 spiro atoms. The molecule has 0 amide bonds. The van der Waals surface area contributed by atoms with Gasteiger partial charge in [-0.15, -0.1) is 0 Å². The van der Waals surface area contributed by atoms with E-state index in [1.54, 1.807) is 0 Å². The third-order valence-electron chi connectivity index (χ3n) is 0. The van der Waals surface area contributed by atoms with Crippen LogP contribution in [0.1, 0.15) is 0 Å². The first-order chi connectivity index (χ1) is 3.46. The molecular formula is H2HgN2O7. The molecule has 10 heteroatoms. The zero-order valence-corrected chi connectivity index (χ0v) is 10.0. The smallest absolute Gasteiger partial charge is 0.412 e. The van der Waals surface area contributed by atoms with Gasteiger partial charge >= 0.3 is 27.7 Å². The Hall–Kier alpha value is -0.705. The molecule has 0 aromatic carbocycles. The topological polar surface area (TPSA) is 164 Å². The maximum absolute atomic E-state index is 8.25. The maximum atomic E-state index is 8.25. The molecule has 0 fully saturated rings. The van der Waals surface area contributed by atoms with Crippen molar-refractivity contribution >= 4 is 0 Å². The predicted molar refractivity (Wildman–Crippen MR) is 24.3 cm³/mol. The monoisotopic (exact) mass is 344 g/mol. The summed E-state index contributed by atoms with van der Waals surface area (Å²) in [4.78, 5) is 16.5. The van der Waals surface area contributed by atoms with E-state index in [9.17, 15) is 0 Å². The van der Waals surface area contributed by atoms with Crippen molar-refractivity contribution in [2.45, 2.75) is 0 Å². The number of hydrogen-bond donors (Lipinski definition) is 0. The van der Waals surface area contributed by atoms with E-state index in [4.69, 9.17) is 30.6 Å². The molecular weight excluding hydrogens is 341 g/mol. The fraction of sp³-hybridized carbons (Fsp3) is 0. The van der Waals surface area contributed by atoms with Gasteiger partial charge in [0.1, 0.15) is 0 Å². The van der Waals surface area contributed by atoms with Crippen LogP contribution >= 0.6 is 0 Å². The average molecular weight is 343 g/mol. The van der Waals surface area contributed by atoms with Gasteiger partial charge in [0, 0.05) is 0 Å². The number of hydrogen-bond acceptors (Lipinski definition) is 6. The van der Waals surface area contributed by atoms with Crippen LogP contribution in [0, 0.1) is 30.6 Å². The zero-order valence-electron chi connectivity index (χ0n) is 4.55. The first kappa shape index (κ1) is 22.8. The van der Waals surface area contributed by atoms with Crippen molar-refractivity contribution in [3.8, 4) is 0 Å². The molecule has 56 valence electrons. The van der Waals surface area contributed by atoms with Crippen LogP contribution in [0.15, 0.2) is 0 Å². The van der Waals surface area contributed by atoms with E-state index in [1.165, 1.54) is 0 Å². The van der Waals surface area contributed by atoms with Gasteiger partial charge < -0.3 is 36.1 Å². The van der Waals surface area contributed by atoms with E-state index in [0.29, 0.717) is 0 Å². The van der Waals surface area contributed by atoms with Gasteiger partial charge in [0.05, 0.1) is 10.2 Å². The second-order valence-electron chi connectivity index (χ2n) is 0.447. The SMILES string of the molecule is O.O=[N+]([O-])[O-].O=[N+]([O-])[O-].[Hg+2]. The molecule has 0 radical (unpaired) electrons. The van der Waals surface area contributed by atoms with Crippen LogP contribution in [0.25, 0.3) is 0 Å². The molecule has 9 nitrogen and oxygen atoms in total. The van der Waals surface area contributed by atoms with Crippen LogP contribution in [-0.2, 0) is 27.7 Å². The predicted octanol–water partition coefficient (Wildman–Crippen LogP) is -1.31. The van der Waals surface area contributed by atoms with Gasteiger partial charge in [-0.2, -0.15) is 0 Å². The zero-order chi connectivity index (χ0) is 7.15. The Labute approximate surface area is 74.3 Å². The number of nitrogens with zero attached hydrogens (tertiary/aromatic N) is 2. The summed E-state index contributed by atoms with van der Waals surface area (Å²) in [6.07, 6.45) is 0. The summed E-state index contributed by atoms with van der Waals surface area (Å²) < 4.78 is 0. The largest absolute Gasteiger partial charge is 2.00 e. The second kappa shape index (κ2) is 15.7. The first-order valence-corrected chi connectivity index (χ1v) is 1.10. The van der Waals surface area contributed by atoms with Gasteiger partial charge in [0.2, 0.25) is 0 Å². The average Bonchev–Trinajstić information content (AvgIpc) is 1.25. The van der Waals surface area contributed by atoms with Gasteiger partial charge in [0.15, 0.2) is 0 Å². The van der Waals surface area contributed by atoms with E-state index in [2.05, 4.69) is 0 Å². The molecule has 10 heavy (non-hydrogen) atoms. The minimum absolute atomic E-state index is 0. The Bertz CT molecular complexity index is 69.6. The molecule has 0 saturated heterocycles. The van der Waals surface area contributed by atoms with E-state index in [1.807, 2.05) is 0 Å². The van der Waals surface area contributed by atoms with E-state index in [-0.39, 0.29) is 33.1 Å². The fourth-order valence-electron chi connectivity index (χ4n) is 0. The quantitative estimate of drug-likeness (QED) is 0.301. The van der Waals surface area contributed by atoms with Crippen molar-refractivity contribution in [2.75, 3.05) is 0 Å². The third kappa shape index (κ3) is 582. The Kier molecular flexibility index (Phi) is 35.9. The molecule has 0 saturated carbocycles. The van der Waals surface area contributed by atoms with Crippen molar-refractivity contribution in [1.82, 2.24) is 0 Å². The van der Waals surface area contributed by atoms with Gasteiger partial charge in [-0.25, -0.2) is 0 Å². The summed E-state index contributed by atoms with van der Waals surface area (Å²) in [6.45, 7) is 0. The molecule has 0 heterocycles. The van der Waals surface area contributed by atoms with Crippen molar-refractivity contribution < 1.29 is 43.3 Å². The van der Waals surface area contributed by atoms with E-state index >= 15 is 0 Å². The summed E-state index contributed by atoms with van der Waals surface area (Å²) in [5.74, 6) is 0. The van der Waals surface area contributed by atoms with E-state index in [0.717, 1.165) is 0 Å². The van der Waals surface area contributed by atoms with Gasteiger partial charge in [-0.3, -0.25) is 0 Å².